The summed E-state index contributed by atoms with van der Waals surface area (Å²) in [7, 11) is -0.299. The SMILES string of the molecule is COCc1oc(C(=O)NS2(=O)=NC(=O)c3ccc4c(c3)N(C[C@@H]3CC[C@H]3[C@@H](OC)/C=C/C[C@H](C)C2)C[C@@]2(CCCc3cc(Cl)ccc32)CO4)cc1C. The van der Waals surface area contributed by atoms with Crippen molar-refractivity contribution in [3.63, 3.8) is 0 Å². The monoisotopic (exact) mass is 749 g/mol. The quantitative estimate of drug-likeness (QED) is 0.267. The second-order valence-corrected chi connectivity index (χ2v) is 17.5. The Morgan fingerprint density at radius 2 is 2.02 bits per heavy atom. The summed E-state index contributed by atoms with van der Waals surface area (Å²) in [5.41, 5.74) is 4.07. The van der Waals surface area contributed by atoms with Crippen molar-refractivity contribution in [1.29, 1.82) is 0 Å². The van der Waals surface area contributed by atoms with Gasteiger partial charge in [0.05, 0.1) is 24.2 Å². The Labute approximate surface area is 311 Å². The Bertz CT molecular complexity index is 2000. The van der Waals surface area contributed by atoms with Crippen LogP contribution in [0.5, 0.6) is 5.75 Å². The van der Waals surface area contributed by atoms with Gasteiger partial charge >= 0.3 is 0 Å². The van der Waals surface area contributed by atoms with Gasteiger partial charge in [-0.2, -0.15) is 0 Å². The Morgan fingerprint density at radius 1 is 1.17 bits per heavy atom. The molecule has 0 radical (unpaired) electrons. The van der Waals surface area contributed by atoms with Crippen LogP contribution in [0.25, 0.3) is 0 Å². The topological polar surface area (TPSA) is 120 Å². The predicted molar refractivity (Wildman–Crippen MR) is 202 cm³/mol. The minimum Gasteiger partial charge on any atom is -0.490 e. The van der Waals surface area contributed by atoms with Crippen LogP contribution in [0.15, 0.2) is 63.4 Å². The molecule has 4 aliphatic rings. The molecule has 7 rings (SSSR count). The van der Waals surface area contributed by atoms with Gasteiger partial charge in [0.25, 0.3) is 11.8 Å². The molecule has 52 heavy (non-hydrogen) atoms. The van der Waals surface area contributed by atoms with E-state index in [1.807, 2.05) is 25.1 Å². The summed E-state index contributed by atoms with van der Waals surface area (Å²) in [4.78, 5) is 29.9. The minimum absolute atomic E-state index is 0.0223. The van der Waals surface area contributed by atoms with E-state index in [1.54, 1.807) is 26.2 Å². The third-order valence-corrected chi connectivity index (χ3v) is 13.5. The highest BCUT2D eigenvalue weighted by Crippen LogP contribution is 2.47. The van der Waals surface area contributed by atoms with Gasteiger partial charge in [-0.1, -0.05) is 36.7 Å². The van der Waals surface area contributed by atoms with Crippen LogP contribution < -0.4 is 14.4 Å². The average Bonchev–Trinajstić information content (AvgIpc) is 3.39. The lowest BCUT2D eigenvalue weighted by molar-refractivity contribution is 0.0131. The lowest BCUT2D eigenvalue weighted by Gasteiger charge is -2.46. The molecule has 1 saturated carbocycles. The van der Waals surface area contributed by atoms with Gasteiger partial charge in [-0.05, 0) is 116 Å². The Hall–Kier alpha value is -3.64. The van der Waals surface area contributed by atoms with Crippen LogP contribution >= 0.6 is 11.6 Å². The lowest BCUT2D eigenvalue weighted by atomic mass is 9.68. The number of benzene rings is 2. The van der Waals surface area contributed by atoms with E-state index in [0.717, 1.165) is 54.9 Å². The number of furan rings is 1. The van der Waals surface area contributed by atoms with E-state index in [2.05, 4.69) is 38.3 Å². The smallest absolute Gasteiger partial charge is 0.299 e. The highest BCUT2D eigenvalue weighted by Gasteiger charge is 2.44. The van der Waals surface area contributed by atoms with Crippen LogP contribution in [0.4, 0.5) is 5.69 Å². The molecule has 10 nitrogen and oxygen atoms in total. The van der Waals surface area contributed by atoms with E-state index in [1.165, 1.54) is 18.2 Å². The average molecular weight is 750 g/mol. The number of carbonyl (C=O) groups excluding carboxylic acids is 2. The molecular weight excluding hydrogens is 702 g/mol. The van der Waals surface area contributed by atoms with E-state index >= 15 is 0 Å². The van der Waals surface area contributed by atoms with Crippen molar-refractivity contribution in [2.45, 2.75) is 70.5 Å². The number of halogens is 1. The third-order valence-electron chi connectivity index (χ3n) is 11.3. The van der Waals surface area contributed by atoms with Gasteiger partial charge < -0.3 is 23.5 Å². The Kier molecular flexibility index (Phi) is 10.6. The minimum atomic E-state index is -3.59. The van der Waals surface area contributed by atoms with Crippen LogP contribution in [0, 0.1) is 24.7 Å². The molecule has 2 aromatic carbocycles. The first-order valence-electron chi connectivity index (χ1n) is 18.2. The van der Waals surface area contributed by atoms with Crippen LogP contribution in [0.1, 0.15) is 82.4 Å². The number of fused-ring (bicyclic) bond motifs is 4. The van der Waals surface area contributed by atoms with Crippen molar-refractivity contribution in [1.82, 2.24) is 4.72 Å². The van der Waals surface area contributed by atoms with E-state index in [9.17, 15) is 13.8 Å². The van der Waals surface area contributed by atoms with Gasteiger partial charge in [-0.15, -0.1) is 4.36 Å². The number of hydrogen-bond donors (Lipinski definition) is 1. The van der Waals surface area contributed by atoms with Gasteiger partial charge in [-0.25, -0.2) is 4.21 Å². The van der Waals surface area contributed by atoms with Gasteiger partial charge in [0.15, 0.2) is 5.76 Å². The molecule has 1 N–H and O–H groups in total. The van der Waals surface area contributed by atoms with Crippen molar-refractivity contribution >= 4 is 39.0 Å². The molecule has 3 heterocycles. The zero-order valence-electron chi connectivity index (χ0n) is 30.3. The number of nitrogens with zero attached hydrogens (tertiary/aromatic N) is 2. The molecule has 2 amide bonds. The third kappa shape index (κ3) is 7.42. The number of nitrogens with one attached hydrogen (secondary N) is 1. The van der Waals surface area contributed by atoms with E-state index in [0.29, 0.717) is 42.9 Å². The largest absolute Gasteiger partial charge is 0.490 e. The Balaban J connectivity index is 1.29. The number of ether oxygens (including phenoxy) is 3. The number of allylic oxidation sites excluding steroid dienone is 1. The molecule has 2 aliphatic carbocycles. The summed E-state index contributed by atoms with van der Waals surface area (Å²) in [5, 5.41) is 0.735. The standard InChI is InChI=1S/C40H48ClN3O7S/c1-25-7-5-9-34(49-4)31-13-10-29(31)20-44-23-40(16-6-8-27-18-30(41)12-14-32(27)40)24-50-35-15-11-28(19-33(35)44)38(45)42-52(47,22-25)43-39(46)36-17-26(2)37(51-36)21-48-3/h5,9,11-12,14-15,17-19,25,29,31,34H,6-8,10,13,16,20-24H2,1-4H3,(H,42,43,45,46,47)/b9-5+/t25-,29-,31+,34-,40-,52?/m0/s1. The normalized spacial score (nSPS) is 29.5. The van der Waals surface area contributed by atoms with Crippen molar-refractivity contribution in [3.8, 4) is 5.75 Å². The molecule has 2 bridgehead atoms. The number of rotatable bonds is 5. The Morgan fingerprint density at radius 3 is 2.79 bits per heavy atom. The number of aryl methyl sites for hydroxylation is 2. The predicted octanol–water partition coefficient (Wildman–Crippen LogP) is 7.45. The summed E-state index contributed by atoms with van der Waals surface area (Å²) >= 11 is 6.46. The maximum absolute atomic E-state index is 14.6. The maximum atomic E-state index is 14.6. The highest BCUT2D eigenvalue weighted by molar-refractivity contribution is 7.92. The molecule has 6 atom stereocenters. The molecule has 1 aromatic heterocycles. The second kappa shape index (κ2) is 15.0. The molecule has 3 aromatic rings. The summed E-state index contributed by atoms with van der Waals surface area (Å²) in [6.07, 6.45) is 9.78. The van der Waals surface area contributed by atoms with Crippen molar-refractivity contribution in [2.24, 2.45) is 22.1 Å². The first-order valence-corrected chi connectivity index (χ1v) is 20.3. The van der Waals surface area contributed by atoms with Gasteiger partial charge in [0, 0.05) is 43.3 Å². The summed E-state index contributed by atoms with van der Waals surface area (Å²) in [5.74, 6) is 0.283. The molecule has 2 aliphatic heterocycles. The molecular formula is C40H48ClN3O7S. The summed E-state index contributed by atoms with van der Waals surface area (Å²) in [6.45, 7) is 5.90. The van der Waals surface area contributed by atoms with Crippen molar-refractivity contribution in [3.05, 3.63) is 93.4 Å². The van der Waals surface area contributed by atoms with Crippen molar-refractivity contribution in [2.75, 3.05) is 44.6 Å². The summed E-state index contributed by atoms with van der Waals surface area (Å²) < 4.78 is 45.0. The molecule has 1 fully saturated rings. The van der Waals surface area contributed by atoms with Gasteiger partial charge in [0.1, 0.15) is 28.0 Å². The number of hydrogen-bond acceptors (Lipinski definition) is 8. The molecule has 12 heteroatoms. The lowest BCUT2D eigenvalue weighted by Crippen LogP contribution is -2.49. The molecule has 1 unspecified atom stereocenters. The number of carbonyl (C=O) groups is 2. The summed E-state index contributed by atoms with van der Waals surface area (Å²) in [6, 6.07) is 13.1. The maximum Gasteiger partial charge on any atom is 0.299 e. The fourth-order valence-electron chi connectivity index (χ4n) is 8.47. The van der Waals surface area contributed by atoms with E-state index in [4.69, 9.17) is 30.2 Å². The fraction of sp³-hybridized carbons (Fsp3) is 0.500. The fourth-order valence-corrected chi connectivity index (χ4v) is 10.5. The molecule has 0 saturated heterocycles. The van der Waals surface area contributed by atoms with Crippen molar-refractivity contribution < 1.29 is 32.4 Å². The van der Waals surface area contributed by atoms with Crippen LogP contribution in [-0.2, 0) is 37.8 Å². The number of methoxy groups -OCH3 is 2. The number of anilines is 1. The van der Waals surface area contributed by atoms with E-state index < -0.39 is 21.7 Å². The zero-order chi connectivity index (χ0) is 36.6. The number of amides is 2. The van der Waals surface area contributed by atoms with Crippen LogP contribution in [0.2, 0.25) is 5.02 Å². The highest BCUT2D eigenvalue weighted by atomic mass is 35.5. The zero-order valence-corrected chi connectivity index (χ0v) is 31.9. The van der Waals surface area contributed by atoms with Crippen LogP contribution in [-0.4, -0.2) is 61.8 Å². The van der Waals surface area contributed by atoms with E-state index in [-0.39, 0.29) is 41.1 Å². The molecule has 1 spiro atoms. The van der Waals surface area contributed by atoms with Gasteiger partial charge in [0.2, 0.25) is 0 Å². The second-order valence-electron chi connectivity index (χ2n) is 15.0. The first kappa shape index (κ1) is 36.7. The molecule has 278 valence electrons. The first-order chi connectivity index (χ1) is 25.0. The van der Waals surface area contributed by atoms with Crippen LogP contribution in [0.3, 0.4) is 0 Å². The van der Waals surface area contributed by atoms with Gasteiger partial charge in [-0.3, -0.25) is 14.3 Å².